The molecule has 0 aliphatic heterocycles. The van der Waals surface area contributed by atoms with Crippen molar-refractivity contribution in [3.05, 3.63) is 0 Å². The Morgan fingerprint density at radius 2 is 1.07 bits per heavy atom. The van der Waals surface area contributed by atoms with Gasteiger partial charge in [0, 0.05) is 12.8 Å². The average Bonchev–Trinajstić information content (AvgIpc) is 3.66. The first-order valence-electron chi connectivity index (χ1n) is 24.3. The fraction of sp³-hybridized carbons (Fsp3) is 0.960. The SMILES string of the molecule is CC[C@H]1CC2C3CC[C@H](CCCC(=O)O[C@@H]4CC[C@]5(C)C6CC[C@@]7(C)C(CC[C@@H]7CCCC(=O)O)C6C[C@H](CC)[C@@H]5C4)[C@@]3(C)CCC2[C@@]2(C)CCCC[C@@H]12. The molecule has 0 aromatic heterocycles. The topological polar surface area (TPSA) is 63.6 Å². The van der Waals surface area contributed by atoms with Crippen molar-refractivity contribution in [3.63, 3.8) is 0 Å². The Balaban J connectivity index is 0.840. The van der Waals surface area contributed by atoms with E-state index in [1.54, 1.807) is 0 Å². The van der Waals surface area contributed by atoms with Gasteiger partial charge in [-0.15, -0.1) is 0 Å². The molecule has 0 heterocycles. The summed E-state index contributed by atoms with van der Waals surface area (Å²) in [6.07, 6.45) is 31.1. The van der Waals surface area contributed by atoms with Crippen molar-refractivity contribution in [2.45, 2.75) is 208 Å². The van der Waals surface area contributed by atoms with Crippen LogP contribution < -0.4 is 0 Å². The Kier molecular flexibility index (Phi) is 11.2. The van der Waals surface area contributed by atoms with E-state index in [1.807, 2.05) is 0 Å². The quantitative estimate of drug-likeness (QED) is 0.214. The predicted octanol–water partition coefficient (Wildman–Crippen LogP) is 13.3. The van der Waals surface area contributed by atoms with Gasteiger partial charge in [0.25, 0.3) is 0 Å². The highest BCUT2D eigenvalue weighted by atomic mass is 16.5. The highest BCUT2D eigenvalue weighted by Crippen LogP contribution is 2.71. The van der Waals surface area contributed by atoms with Crippen LogP contribution in [0.2, 0.25) is 0 Å². The molecule has 4 nitrogen and oxygen atoms in total. The minimum atomic E-state index is -0.638. The zero-order chi connectivity index (χ0) is 38.0. The number of hydrogen-bond acceptors (Lipinski definition) is 3. The van der Waals surface area contributed by atoms with E-state index in [0.717, 1.165) is 91.3 Å². The van der Waals surface area contributed by atoms with Gasteiger partial charge in [0.15, 0.2) is 0 Å². The van der Waals surface area contributed by atoms with Crippen LogP contribution in [0.5, 0.6) is 0 Å². The van der Waals surface area contributed by atoms with E-state index in [0.29, 0.717) is 46.3 Å². The van der Waals surface area contributed by atoms with Gasteiger partial charge in [0.1, 0.15) is 6.10 Å². The van der Waals surface area contributed by atoms with Crippen LogP contribution >= 0.6 is 0 Å². The van der Waals surface area contributed by atoms with Gasteiger partial charge in [-0.1, -0.05) is 67.2 Å². The molecule has 6 unspecified atom stereocenters. The molecule has 1 N–H and O–H groups in total. The molecule has 0 radical (unpaired) electrons. The molecule has 0 spiro atoms. The highest BCUT2D eigenvalue weighted by molar-refractivity contribution is 5.69. The van der Waals surface area contributed by atoms with Gasteiger partial charge >= 0.3 is 11.9 Å². The number of rotatable bonds is 11. The molecular weight excluding hydrogens is 665 g/mol. The molecule has 8 saturated carbocycles. The fourth-order valence-corrected chi connectivity index (χ4v) is 18.4. The van der Waals surface area contributed by atoms with E-state index in [1.165, 1.54) is 116 Å². The van der Waals surface area contributed by atoms with Crippen LogP contribution in [-0.4, -0.2) is 23.1 Å². The van der Waals surface area contributed by atoms with Crippen molar-refractivity contribution in [3.8, 4) is 0 Å². The van der Waals surface area contributed by atoms with Crippen LogP contribution in [0, 0.1) is 92.7 Å². The van der Waals surface area contributed by atoms with Gasteiger partial charge in [0.05, 0.1) is 0 Å². The van der Waals surface area contributed by atoms with Gasteiger partial charge in [-0.2, -0.15) is 0 Å². The van der Waals surface area contributed by atoms with Crippen LogP contribution in [0.3, 0.4) is 0 Å². The molecule has 4 heteroatoms. The molecule has 8 fully saturated rings. The number of carboxylic acid groups (broad SMARTS) is 1. The third kappa shape index (κ3) is 6.58. The van der Waals surface area contributed by atoms with Crippen LogP contribution in [0.25, 0.3) is 0 Å². The number of carbonyl (C=O) groups is 2. The van der Waals surface area contributed by atoms with Crippen LogP contribution in [0.4, 0.5) is 0 Å². The summed E-state index contributed by atoms with van der Waals surface area (Å²) < 4.78 is 6.44. The van der Waals surface area contributed by atoms with E-state index in [4.69, 9.17) is 4.74 Å². The summed E-state index contributed by atoms with van der Waals surface area (Å²) in [5.41, 5.74) is 1.85. The molecule has 0 bridgehead atoms. The lowest BCUT2D eigenvalue weighted by Crippen LogP contribution is -2.56. The van der Waals surface area contributed by atoms with E-state index >= 15 is 0 Å². The molecular formula is C50H82O4. The zero-order valence-electron chi connectivity index (χ0n) is 35.9. The monoisotopic (exact) mass is 747 g/mol. The normalized spacial score (nSPS) is 50.8. The van der Waals surface area contributed by atoms with Crippen molar-refractivity contribution in [2.24, 2.45) is 92.7 Å². The molecule has 0 saturated heterocycles. The van der Waals surface area contributed by atoms with Crippen molar-refractivity contribution in [2.75, 3.05) is 0 Å². The lowest BCUT2D eigenvalue weighted by Gasteiger charge is -2.63. The number of ether oxygens (including phenoxy) is 1. The highest BCUT2D eigenvalue weighted by Gasteiger charge is 2.63. The third-order valence-electron chi connectivity index (χ3n) is 21.2. The summed E-state index contributed by atoms with van der Waals surface area (Å²) in [6, 6.07) is 0. The third-order valence-corrected chi connectivity index (χ3v) is 21.2. The molecule has 0 aromatic rings. The maximum Gasteiger partial charge on any atom is 0.306 e. The number of fused-ring (bicyclic) bond motifs is 10. The number of carbonyl (C=O) groups excluding carboxylic acids is 1. The lowest BCUT2D eigenvalue weighted by atomic mass is 9.42. The van der Waals surface area contributed by atoms with Crippen molar-refractivity contribution in [1.82, 2.24) is 0 Å². The van der Waals surface area contributed by atoms with Gasteiger partial charge in [-0.25, -0.2) is 0 Å². The molecule has 8 aliphatic rings. The zero-order valence-corrected chi connectivity index (χ0v) is 35.9. The maximum absolute atomic E-state index is 13.5. The number of hydrogen-bond donors (Lipinski definition) is 1. The van der Waals surface area contributed by atoms with E-state index in [2.05, 4.69) is 41.5 Å². The summed E-state index contributed by atoms with van der Waals surface area (Å²) in [4.78, 5) is 24.8. The second-order valence-corrected chi connectivity index (χ2v) is 22.7. The van der Waals surface area contributed by atoms with Crippen LogP contribution in [0.15, 0.2) is 0 Å². The molecule has 306 valence electrons. The Labute approximate surface area is 331 Å². The van der Waals surface area contributed by atoms with Crippen molar-refractivity contribution >= 4 is 11.9 Å². The molecule has 17 atom stereocenters. The maximum atomic E-state index is 13.5. The first kappa shape index (κ1) is 39.8. The minimum Gasteiger partial charge on any atom is -0.481 e. The largest absolute Gasteiger partial charge is 0.481 e. The van der Waals surface area contributed by atoms with Gasteiger partial charge in [0.2, 0.25) is 0 Å². The summed E-state index contributed by atoms with van der Waals surface area (Å²) in [7, 11) is 0. The number of carboxylic acids is 1. The Bertz CT molecular complexity index is 1360. The first-order chi connectivity index (χ1) is 25.9. The Hall–Kier alpha value is -1.06. The fourth-order valence-electron chi connectivity index (χ4n) is 18.4. The summed E-state index contributed by atoms with van der Waals surface area (Å²) in [5, 5.41) is 9.27. The molecule has 8 rings (SSSR count). The lowest BCUT2D eigenvalue weighted by molar-refractivity contribution is -0.171. The van der Waals surface area contributed by atoms with Gasteiger partial charge in [-0.05, 0) is 215 Å². The van der Waals surface area contributed by atoms with Crippen molar-refractivity contribution < 1.29 is 19.4 Å². The van der Waals surface area contributed by atoms with E-state index < -0.39 is 5.97 Å². The number of aliphatic carboxylic acids is 1. The van der Waals surface area contributed by atoms with E-state index in [-0.39, 0.29) is 12.1 Å². The molecule has 8 aliphatic carbocycles. The minimum absolute atomic E-state index is 0.0939. The van der Waals surface area contributed by atoms with Crippen LogP contribution in [-0.2, 0) is 14.3 Å². The number of esters is 1. The van der Waals surface area contributed by atoms with Crippen LogP contribution in [0.1, 0.15) is 202 Å². The summed E-state index contributed by atoms with van der Waals surface area (Å²) in [6.45, 7) is 15.6. The summed E-state index contributed by atoms with van der Waals surface area (Å²) >= 11 is 0. The second-order valence-electron chi connectivity index (χ2n) is 22.7. The first-order valence-corrected chi connectivity index (χ1v) is 24.3. The second kappa shape index (κ2) is 15.3. The Morgan fingerprint density at radius 1 is 0.556 bits per heavy atom. The van der Waals surface area contributed by atoms with E-state index in [9.17, 15) is 14.7 Å². The van der Waals surface area contributed by atoms with Gasteiger partial charge < -0.3 is 9.84 Å². The molecule has 0 aromatic carbocycles. The smallest absolute Gasteiger partial charge is 0.306 e. The average molecular weight is 747 g/mol. The Morgan fingerprint density at radius 3 is 1.65 bits per heavy atom. The molecule has 0 amide bonds. The summed E-state index contributed by atoms with van der Waals surface area (Å²) in [5.74, 6) is 9.57. The van der Waals surface area contributed by atoms with Crippen molar-refractivity contribution in [1.29, 1.82) is 0 Å². The predicted molar refractivity (Wildman–Crippen MR) is 219 cm³/mol. The van der Waals surface area contributed by atoms with Gasteiger partial charge in [-0.3, -0.25) is 9.59 Å². The molecule has 54 heavy (non-hydrogen) atoms. The standard InChI is InChI=1S/C50H82O4/c1-7-32-29-37-40-21-19-35(48(40,4)27-23-42(37)49(5)25-10-9-15-39(32)49)14-12-17-46(53)54-36-22-26-50(6)43-24-28-47(3)34(13-11-16-45(51)52)18-20-41(47)38(43)30-33(8-2)44(50)31-36/h32-44H,7-31H2,1-6H3,(H,51,52)/t32-,33-,34-,35-,36+,37?,38?,39-,40?,41?,42?,43?,44-,47+,48+,49-,50+/m0/s1.